The van der Waals surface area contributed by atoms with Gasteiger partial charge < -0.3 is 14.9 Å². The molecule has 1 aliphatic carbocycles. The van der Waals surface area contributed by atoms with Gasteiger partial charge in [0.05, 0.1) is 6.04 Å². The molecule has 2 N–H and O–H groups in total. The van der Waals surface area contributed by atoms with E-state index in [1.54, 1.807) is 7.11 Å². The second kappa shape index (κ2) is 8.91. The van der Waals surface area contributed by atoms with Crippen LogP contribution in [0.1, 0.15) is 62.5 Å². The summed E-state index contributed by atoms with van der Waals surface area (Å²) in [5.41, 5.74) is 9.29. The van der Waals surface area contributed by atoms with Crippen molar-refractivity contribution in [3.63, 3.8) is 0 Å². The van der Waals surface area contributed by atoms with Crippen molar-refractivity contribution < 1.29 is 9.15 Å². The maximum Gasteiger partial charge on any atom is 0.247 e. The van der Waals surface area contributed by atoms with E-state index in [1.807, 2.05) is 24.3 Å². The van der Waals surface area contributed by atoms with E-state index in [0.29, 0.717) is 16.8 Å². The van der Waals surface area contributed by atoms with E-state index in [4.69, 9.17) is 43.1 Å². The number of benzene rings is 2. The third-order valence-electron chi connectivity index (χ3n) is 8.57. The first-order valence-electron chi connectivity index (χ1n) is 11.9. The minimum Gasteiger partial charge on any atom is -0.418 e. The number of nitrogens with two attached hydrogens (primary N) is 1. The van der Waals surface area contributed by atoms with Crippen LogP contribution in [0.3, 0.4) is 0 Å². The maximum atomic E-state index is 6.96. The minimum atomic E-state index is -0.193. The summed E-state index contributed by atoms with van der Waals surface area (Å²) in [5, 5.41) is 9.58. The Hall–Kier alpha value is -2.41. The topological polar surface area (TPSA) is 86.5 Å². The average molecular weight is 513 g/mol. The molecule has 0 bridgehead atoms. The summed E-state index contributed by atoms with van der Waals surface area (Å²) in [5.74, 6) is 1.95. The number of amidine groups is 1. The number of ether oxygens (including phenoxy) is 1. The first kappa shape index (κ1) is 24.3. The molecule has 8 heteroatoms. The summed E-state index contributed by atoms with van der Waals surface area (Å²) < 4.78 is 10.8. The largest absolute Gasteiger partial charge is 0.418 e. The molecule has 0 spiro atoms. The fourth-order valence-electron chi connectivity index (χ4n) is 6.35. The predicted octanol–water partition coefficient (Wildman–Crippen LogP) is 6.62. The van der Waals surface area contributed by atoms with E-state index in [9.17, 15) is 0 Å². The summed E-state index contributed by atoms with van der Waals surface area (Å²) >= 11 is 13.2. The van der Waals surface area contributed by atoms with Crippen LogP contribution >= 0.6 is 23.2 Å². The Kier molecular flexibility index (Phi) is 6.19. The van der Waals surface area contributed by atoms with Crippen LogP contribution in [0, 0.1) is 10.8 Å². The smallest absolute Gasteiger partial charge is 0.247 e. The summed E-state index contributed by atoms with van der Waals surface area (Å²) in [4.78, 5) is 4.89. The molecule has 1 aromatic heterocycles. The van der Waals surface area contributed by atoms with E-state index < -0.39 is 0 Å². The second-order valence-electron chi connectivity index (χ2n) is 10.1. The van der Waals surface area contributed by atoms with Crippen LogP contribution in [0.5, 0.6) is 0 Å². The van der Waals surface area contributed by atoms with Crippen LogP contribution in [0.25, 0.3) is 11.5 Å². The van der Waals surface area contributed by atoms with Crippen molar-refractivity contribution in [1.82, 2.24) is 10.2 Å². The third-order valence-corrected chi connectivity index (χ3v) is 9.15. The molecular weight excluding hydrogens is 483 g/mol. The normalized spacial score (nSPS) is 30.2. The number of halogens is 2. The summed E-state index contributed by atoms with van der Waals surface area (Å²) in [6, 6.07) is 14.3. The highest BCUT2D eigenvalue weighted by Crippen LogP contribution is 2.66. The lowest BCUT2D eigenvalue weighted by Crippen LogP contribution is -2.54. The summed E-state index contributed by atoms with van der Waals surface area (Å²) in [6.45, 7) is 7.06. The Morgan fingerprint density at radius 2 is 1.86 bits per heavy atom. The number of aromatic nitrogens is 2. The first-order chi connectivity index (χ1) is 16.7. The van der Waals surface area contributed by atoms with Crippen molar-refractivity contribution in [2.45, 2.75) is 58.1 Å². The molecule has 3 aromatic rings. The van der Waals surface area contributed by atoms with E-state index in [0.717, 1.165) is 34.8 Å². The summed E-state index contributed by atoms with van der Waals surface area (Å²) in [6.07, 6.45) is 1.89. The highest BCUT2D eigenvalue weighted by Gasteiger charge is 2.63. The number of rotatable bonds is 5. The fraction of sp³-hybridized carbons (Fsp3) is 0.444. The molecule has 0 unspecified atom stereocenters. The lowest BCUT2D eigenvalue weighted by molar-refractivity contribution is 0.0329. The molecule has 6 nitrogen and oxygen atoms in total. The highest BCUT2D eigenvalue weighted by molar-refractivity contribution is 6.31. The van der Waals surface area contributed by atoms with Gasteiger partial charge >= 0.3 is 0 Å². The van der Waals surface area contributed by atoms with Crippen molar-refractivity contribution >= 4 is 29.0 Å². The molecule has 2 heterocycles. The Bertz CT molecular complexity index is 1270. The van der Waals surface area contributed by atoms with E-state index in [-0.39, 0.29) is 35.3 Å². The van der Waals surface area contributed by atoms with Crippen molar-refractivity contribution in [3.8, 4) is 11.5 Å². The zero-order chi connectivity index (χ0) is 25.0. The molecule has 2 aliphatic rings. The van der Waals surface area contributed by atoms with Gasteiger partial charge in [-0.3, -0.25) is 4.99 Å². The Labute approximate surface area is 215 Å². The van der Waals surface area contributed by atoms with Gasteiger partial charge in [-0.15, -0.1) is 10.2 Å². The lowest BCUT2D eigenvalue weighted by Gasteiger charge is -2.55. The van der Waals surface area contributed by atoms with Gasteiger partial charge in [-0.25, -0.2) is 0 Å². The molecule has 0 radical (unpaired) electrons. The average Bonchev–Trinajstić information content (AvgIpc) is 3.36. The Morgan fingerprint density at radius 3 is 2.54 bits per heavy atom. The van der Waals surface area contributed by atoms with Crippen LogP contribution in [-0.2, 0) is 11.3 Å². The van der Waals surface area contributed by atoms with Gasteiger partial charge in [0, 0.05) is 33.5 Å². The molecule has 1 saturated carbocycles. The molecule has 184 valence electrons. The molecule has 2 aromatic carbocycles. The van der Waals surface area contributed by atoms with Crippen LogP contribution in [0.2, 0.25) is 10.0 Å². The monoisotopic (exact) mass is 512 g/mol. The number of methoxy groups -OCH3 is 1. The second-order valence-corrected chi connectivity index (χ2v) is 11.0. The van der Waals surface area contributed by atoms with Gasteiger partial charge in [0.15, 0.2) is 0 Å². The Balaban J connectivity index is 1.58. The lowest BCUT2D eigenvalue weighted by atomic mass is 9.47. The fourth-order valence-corrected chi connectivity index (χ4v) is 6.79. The molecule has 1 fully saturated rings. The van der Waals surface area contributed by atoms with Crippen LogP contribution in [-0.4, -0.2) is 29.2 Å². The quantitative estimate of drug-likeness (QED) is 0.414. The zero-order valence-electron chi connectivity index (χ0n) is 20.4. The van der Waals surface area contributed by atoms with Crippen LogP contribution in [0.4, 0.5) is 0 Å². The van der Waals surface area contributed by atoms with Gasteiger partial charge in [-0.2, -0.15) is 0 Å². The highest BCUT2D eigenvalue weighted by atomic mass is 35.5. The Morgan fingerprint density at radius 1 is 1.11 bits per heavy atom. The van der Waals surface area contributed by atoms with Gasteiger partial charge in [0.25, 0.3) is 0 Å². The van der Waals surface area contributed by atoms with Gasteiger partial charge in [0.1, 0.15) is 12.4 Å². The number of fused-ring (bicyclic) bond motifs is 1. The van der Waals surface area contributed by atoms with Gasteiger partial charge in [-0.05, 0) is 67.0 Å². The van der Waals surface area contributed by atoms with E-state index >= 15 is 0 Å². The maximum absolute atomic E-state index is 6.96. The molecule has 5 atom stereocenters. The first-order valence-corrected chi connectivity index (χ1v) is 12.6. The van der Waals surface area contributed by atoms with Crippen LogP contribution < -0.4 is 5.73 Å². The summed E-state index contributed by atoms with van der Waals surface area (Å²) in [7, 11) is 1.59. The molecule has 0 amide bonds. The van der Waals surface area contributed by atoms with E-state index in [2.05, 4.69) is 49.2 Å². The number of nitrogens with zero attached hydrogens (tertiary/aromatic N) is 3. The van der Waals surface area contributed by atoms with Crippen molar-refractivity contribution in [2.75, 3.05) is 7.11 Å². The number of aliphatic imine (C=N–C) groups is 1. The number of hydrogen-bond donors (Lipinski definition) is 1. The van der Waals surface area contributed by atoms with Crippen molar-refractivity contribution in [2.24, 2.45) is 21.6 Å². The van der Waals surface area contributed by atoms with Gasteiger partial charge in [0.2, 0.25) is 11.8 Å². The zero-order valence-corrected chi connectivity index (χ0v) is 21.9. The number of hydrogen-bond acceptors (Lipinski definition) is 6. The van der Waals surface area contributed by atoms with Crippen LogP contribution in [0.15, 0.2) is 51.9 Å². The van der Waals surface area contributed by atoms with E-state index in [1.165, 1.54) is 5.56 Å². The molecule has 35 heavy (non-hydrogen) atoms. The molecule has 1 aliphatic heterocycles. The van der Waals surface area contributed by atoms with Crippen molar-refractivity contribution in [3.05, 3.63) is 69.5 Å². The minimum absolute atomic E-state index is 0.0756. The molecular formula is C27H30Cl2N4O2. The van der Waals surface area contributed by atoms with Gasteiger partial charge in [-0.1, -0.05) is 55.2 Å². The van der Waals surface area contributed by atoms with Crippen molar-refractivity contribution in [1.29, 1.82) is 0 Å². The third kappa shape index (κ3) is 3.78. The SMILES string of the molecule is COCc1nnc(-c2ccc([C@@H]3CC[C@@]4(C)C(N)=N[C@H](C)[C@@]4(C)[C@H]3c3ccc(Cl)cc3)c(Cl)c2)o1. The standard InChI is InChI=1S/C27H30Cl2N4O2/c1-15-27(3)23(16-5-8-18(28)9-6-16)20(11-12-26(27,2)25(30)31-15)19-10-7-17(13-21(19)29)24-33-32-22(35-24)14-34-4/h5-10,13,15,20,23H,11-12,14H2,1-4H3,(H2,30,31)/t15-,20+,23+,26+,27+/m1/s1. The molecule has 5 rings (SSSR count). The molecule has 0 saturated heterocycles. The predicted molar refractivity (Wildman–Crippen MR) is 139 cm³/mol.